The lowest BCUT2D eigenvalue weighted by Gasteiger charge is -2.19. The van der Waals surface area contributed by atoms with E-state index >= 15 is 0 Å². The zero-order chi connectivity index (χ0) is 19.4. The molecule has 0 saturated heterocycles. The van der Waals surface area contributed by atoms with Crippen molar-refractivity contribution in [3.63, 3.8) is 0 Å². The molecule has 0 spiro atoms. The molecule has 0 aliphatic rings. The second-order valence-corrected chi connectivity index (χ2v) is 5.92. The van der Waals surface area contributed by atoms with Crippen molar-refractivity contribution in [2.24, 2.45) is 0 Å². The van der Waals surface area contributed by atoms with Gasteiger partial charge in [-0.15, -0.1) is 0 Å². The van der Waals surface area contributed by atoms with Crippen molar-refractivity contribution >= 4 is 22.8 Å². The average molecular weight is 374 g/mol. The van der Waals surface area contributed by atoms with E-state index in [1.54, 1.807) is 6.20 Å². The quantitative estimate of drug-likeness (QED) is 0.687. The van der Waals surface area contributed by atoms with Crippen LogP contribution in [0.2, 0.25) is 0 Å². The van der Waals surface area contributed by atoms with Gasteiger partial charge >= 0.3 is 0 Å². The van der Waals surface area contributed by atoms with Crippen LogP contribution < -0.4 is 10.2 Å². The Hall–Kier alpha value is -3.10. The van der Waals surface area contributed by atoms with E-state index in [0.717, 1.165) is 36.4 Å². The predicted octanol–water partition coefficient (Wildman–Crippen LogP) is 2.27. The topological polar surface area (TPSA) is 75.9 Å². The zero-order valence-corrected chi connectivity index (χ0v) is 15.1. The maximum atomic E-state index is 13.6. The smallest absolute Gasteiger partial charge is 0.242 e. The van der Waals surface area contributed by atoms with E-state index in [9.17, 15) is 13.6 Å². The summed E-state index contributed by atoms with van der Waals surface area (Å²) in [6.07, 6.45) is 3.08. The van der Waals surface area contributed by atoms with Gasteiger partial charge in [0.05, 0.1) is 11.6 Å². The minimum atomic E-state index is -0.698. The van der Waals surface area contributed by atoms with Crippen LogP contribution in [0.25, 0.3) is 11.0 Å². The van der Waals surface area contributed by atoms with Gasteiger partial charge in [-0.3, -0.25) is 4.79 Å². The number of anilines is 1. The number of halogens is 2. The van der Waals surface area contributed by atoms with Crippen LogP contribution in [-0.4, -0.2) is 38.7 Å². The second kappa shape index (κ2) is 8.07. The largest absolute Gasteiger partial charge is 0.356 e. The molecular formula is C18H20F2N6O. The second-order valence-electron chi connectivity index (χ2n) is 5.92. The van der Waals surface area contributed by atoms with Gasteiger partial charge in [0.1, 0.15) is 30.3 Å². The Morgan fingerprint density at radius 1 is 1.22 bits per heavy atom. The number of nitrogens with one attached hydrogen (secondary N) is 1. The monoisotopic (exact) mass is 374 g/mol. The van der Waals surface area contributed by atoms with E-state index in [-0.39, 0.29) is 24.6 Å². The van der Waals surface area contributed by atoms with Gasteiger partial charge in [0, 0.05) is 31.3 Å². The molecule has 27 heavy (non-hydrogen) atoms. The van der Waals surface area contributed by atoms with E-state index in [2.05, 4.69) is 25.3 Å². The zero-order valence-electron chi connectivity index (χ0n) is 15.1. The molecule has 9 heteroatoms. The fourth-order valence-electron chi connectivity index (χ4n) is 2.82. The van der Waals surface area contributed by atoms with Crippen LogP contribution in [-0.2, 0) is 17.9 Å². The number of carbonyl (C=O) groups excluding carboxylic acids is 1. The van der Waals surface area contributed by atoms with E-state index in [1.165, 1.54) is 17.1 Å². The van der Waals surface area contributed by atoms with Gasteiger partial charge in [-0.05, 0) is 19.9 Å². The fraction of sp³-hybridized carbons (Fsp3) is 0.333. The standard InChI is InChI=1S/C18H20F2N6O/c1-3-25(4-2)17-14-9-24-26(18(14)23-11-22-17)10-16(27)21-8-12-5-6-13(19)7-15(12)20/h5-7,9,11H,3-4,8,10H2,1-2H3,(H,21,27). The summed E-state index contributed by atoms with van der Waals surface area (Å²) in [6.45, 7) is 5.54. The molecule has 1 aromatic carbocycles. The first-order chi connectivity index (χ1) is 13.0. The minimum absolute atomic E-state index is 0.0379. The molecule has 1 N–H and O–H groups in total. The Morgan fingerprint density at radius 3 is 2.70 bits per heavy atom. The number of aromatic nitrogens is 4. The molecule has 3 rings (SSSR count). The molecule has 0 aliphatic carbocycles. The first-order valence-corrected chi connectivity index (χ1v) is 8.65. The molecule has 0 bridgehead atoms. The van der Waals surface area contributed by atoms with Crippen molar-refractivity contribution in [3.8, 4) is 0 Å². The summed E-state index contributed by atoms with van der Waals surface area (Å²) in [5.41, 5.74) is 0.760. The molecule has 0 fully saturated rings. The predicted molar refractivity (Wildman–Crippen MR) is 97.1 cm³/mol. The molecule has 7 nitrogen and oxygen atoms in total. The Morgan fingerprint density at radius 2 is 2.00 bits per heavy atom. The Balaban J connectivity index is 1.73. The molecule has 142 valence electrons. The van der Waals surface area contributed by atoms with Crippen LogP contribution in [0.15, 0.2) is 30.7 Å². The number of fused-ring (bicyclic) bond motifs is 1. The van der Waals surface area contributed by atoms with Crippen LogP contribution in [0.3, 0.4) is 0 Å². The molecule has 0 saturated carbocycles. The molecule has 2 heterocycles. The van der Waals surface area contributed by atoms with Gasteiger partial charge in [0.25, 0.3) is 0 Å². The number of rotatable bonds is 7. The number of carbonyl (C=O) groups is 1. The Bertz CT molecular complexity index is 954. The SMILES string of the molecule is CCN(CC)c1ncnc2c1cnn2CC(=O)NCc1ccc(F)cc1F. The molecule has 0 atom stereocenters. The summed E-state index contributed by atoms with van der Waals surface area (Å²) in [7, 11) is 0. The third-order valence-electron chi connectivity index (χ3n) is 4.26. The summed E-state index contributed by atoms with van der Waals surface area (Å²) < 4.78 is 28.0. The number of nitrogens with zero attached hydrogens (tertiary/aromatic N) is 5. The maximum absolute atomic E-state index is 13.6. The highest BCUT2D eigenvalue weighted by Gasteiger charge is 2.15. The van der Waals surface area contributed by atoms with Crippen molar-refractivity contribution in [2.75, 3.05) is 18.0 Å². The molecule has 0 unspecified atom stereocenters. The van der Waals surface area contributed by atoms with Gasteiger partial charge in [-0.1, -0.05) is 6.07 Å². The van der Waals surface area contributed by atoms with E-state index < -0.39 is 11.6 Å². The number of hydrogen-bond donors (Lipinski definition) is 1. The summed E-state index contributed by atoms with van der Waals surface area (Å²) in [5, 5.41) is 7.60. The summed E-state index contributed by atoms with van der Waals surface area (Å²) >= 11 is 0. The van der Waals surface area contributed by atoms with E-state index in [4.69, 9.17) is 0 Å². The maximum Gasteiger partial charge on any atom is 0.242 e. The Kier molecular flexibility index (Phi) is 5.58. The normalized spacial score (nSPS) is 11.0. The lowest BCUT2D eigenvalue weighted by atomic mass is 10.2. The third kappa shape index (κ3) is 4.02. The fourth-order valence-corrected chi connectivity index (χ4v) is 2.82. The molecule has 3 aromatic rings. The summed E-state index contributed by atoms with van der Waals surface area (Å²) in [6, 6.07) is 3.24. The summed E-state index contributed by atoms with van der Waals surface area (Å²) in [4.78, 5) is 22.8. The van der Waals surface area contributed by atoms with Crippen LogP contribution in [0, 0.1) is 11.6 Å². The molecular weight excluding hydrogens is 354 g/mol. The highest BCUT2D eigenvalue weighted by atomic mass is 19.1. The third-order valence-corrected chi connectivity index (χ3v) is 4.26. The first kappa shape index (κ1) is 18.7. The Labute approximate surface area is 155 Å². The molecule has 0 radical (unpaired) electrons. The van der Waals surface area contributed by atoms with Crippen LogP contribution >= 0.6 is 0 Å². The minimum Gasteiger partial charge on any atom is -0.356 e. The van der Waals surface area contributed by atoms with Gasteiger partial charge in [0.2, 0.25) is 5.91 Å². The van der Waals surface area contributed by atoms with Crippen molar-refractivity contribution in [1.82, 2.24) is 25.1 Å². The van der Waals surface area contributed by atoms with Crippen LogP contribution in [0.5, 0.6) is 0 Å². The summed E-state index contributed by atoms with van der Waals surface area (Å²) in [5.74, 6) is -0.942. The van der Waals surface area contributed by atoms with Crippen molar-refractivity contribution < 1.29 is 13.6 Å². The van der Waals surface area contributed by atoms with Crippen molar-refractivity contribution in [1.29, 1.82) is 0 Å². The molecule has 1 amide bonds. The van der Waals surface area contributed by atoms with Gasteiger partial charge in [0.15, 0.2) is 5.65 Å². The lowest BCUT2D eigenvalue weighted by Crippen LogP contribution is -2.28. The van der Waals surface area contributed by atoms with Crippen molar-refractivity contribution in [3.05, 3.63) is 47.9 Å². The van der Waals surface area contributed by atoms with E-state index in [1.807, 2.05) is 13.8 Å². The van der Waals surface area contributed by atoms with Gasteiger partial charge in [-0.2, -0.15) is 5.10 Å². The lowest BCUT2D eigenvalue weighted by molar-refractivity contribution is -0.121. The number of hydrogen-bond acceptors (Lipinski definition) is 5. The molecule has 2 aromatic heterocycles. The van der Waals surface area contributed by atoms with Gasteiger partial charge < -0.3 is 10.2 Å². The van der Waals surface area contributed by atoms with Crippen molar-refractivity contribution in [2.45, 2.75) is 26.9 Å². The number of benzene rings is 1. The van der Waals surface area contributed by atoms with Gasteiger partial charge in [-0.25, -0.2) is 23.4 Å². The van der Waals surface area contributed by atoms with Crippen LogP contribution in [0.4, 0.5) is 14.6 Å². The average Bonchev–Trinajstić information content (AvgIpc) is 3.06. The highest BCUT2D eigenvalue weighted by molar-refractivity contribution is 5.87. The first-order valence-electron chi connectivity index (χ1n) is 8.65. The highest BCUT2D eigenvalue weighted by Crippen LogP contribution is 2.22. The van der Waals surface area contributed by atoms with E-state index in [0.29, 0.717) is 5.65 Å². The van der Waals surface area contributed by atoms with Crippen LogP contribution in [0.1, 0.15) is 19.4 Å². The number of amides is 1. The molecule has 0 aliphatic heterocycles.